The van der Waals surface area contributed by atoms with Crippen LogP contribution in [0.5, 0.6) is 0 Å². The van der Waals surface area contributed by atoms with Crippen molar-refractivity contribution in [3.8, 4) is 0 Å². The van der Waals surface area contributed by atoms with Gasteiger partial charge in [-0.15, -0.1) is 0 Å². The molecule has 0 aromatic rings. The first-order valence-corrected chi connectivity index (χ1v) is 8.11. The SMILES string of the molecule is OC(CCC1CCCCC1)C1(O)CCCCCC1. The Kier molecular flexibility index (Phi) is 5.50. The highest BCUT2D eigenvalue weighted by molar-refractivity contribution is 4.88. The predicted octanol–water partition coefficient (Wildman–Crippen LogP) is 3.79. The largest absolute Gasteiger partial charge is 0.390 e. The Morgan fingerprint density at radius 3 is 2.06 bits per heavy atom. The maximum Gasteiger partial charge on any atom is 0.0905 e. The Morgan fingerprint density at radius 2 is 1.44 bits per heavy atom. The van der Waals surface area contributed by atoms with E-state index >= 15 is 0 Å². The van der Waals surface area contributed by atoms with Gasteiger partial charge < -0.3 is 10.2 Å². The Morgan fingerprint density at radius 1 is 0.889 bits per heavy atom. The molecule has 0 spiro atoms. The maximum atomic E-state index is 10.6. The Balaban J connectivity index is 1.76. The summed E-state index contributed by atoms with van der Waals surface area (Å²) < 4.78 is 0. The lowest BCUT2D eigenvalue weighted by atomic mass is 9.81. The fourth-order valence-corrected chi connectivity index (χ4v) is 3.81. The van der Waals surface area contributed by atoms with Crippen LogP contribution in [-0.2, 0) is 0 Å². The van der Waals surface area contributed by atoms with Gasteiger partial charge in [0.2, 0.25) is 0 Å². The molecule has 2 saturated carbocycles. The summed E-state index contributed by atoms with van der Waals surface area (Å²) in [5, 5.41) is 20.9. The summed E-state index contributed by atoms with van der Waals surface area (Å²) in [5.41, 5.74) is -0.773. The van der Waals surface area contributed by atoms with E-state index in [4.69, 9.17) is 0 Å². The third kappa shape index (κ3) is 3.96. The topological polar surface area (TPSA) is 40.5 Å². The molecule has 18 heavy (non-hydrogen) atoms. The van der Waals surface area contributed by atoms with Gasteiger partial charge in [0.05, 0.1) is 11.7 Å². The van der Waals surface area contributed by atoms with Crippen LogP contribution in [0.15, 0.2) is 0 Å². The monoisotopic (exact) mass is 254 g/mol. The summed E-state index contributed by atoms with van der Waals surface area (Å²) in [6, 6.07) is 0. The van der Waals surface area contributed by atoms with Crippen molar-refractivity contribution >= 4 is 0 Å². The zero-order valence-corrected chi connectivity index (χ0v) is 11.7. The molecule has 0 amide bonds. The van der Waals surface area contributed by atoms with E-state index < -0.39 is 11.7 Å². The van der Waals surface area contributed by atoms with Crippen LogP contribution in [0, 0.1) is 5.92 Å². The van der Waals surface area contributed by atoms with Crippen LogP contribution in [0.2, 0.25) is 0 Å². The van der Waals surface area contributed by atoms with E-state index in [1.807, 2.05) is 0 Å². The fourth-order valence-electron chi connectivity index (χ4n) is 3.81. The van der Waals surface area contributed by atoms with Crippen LogP contribution in [0.1, 0.15) is 83.5 Å². The quantitative estimate of drug-likeness (QED) is 0.749. The van der Waals surface area contributed by atoms with Gasteiger partial charge in [-0.2, -0.15) is 0 Å². The summed E-state index contributed by atoms with van der Waals surface area (Å²) in [6.07, 6.45) is 14.4. The minimum Gasteiger partial charge on any atom is -0.390 e. The number of hydrogen-bond donors (Lipinski definition) is 2. The van der Waals surface area contributed by atoms with Gasteiger partial charge in [-0.3, -0.25) is 0 Å². The summed E-state index contributed by atoms with van der Waals surface area (Å²) in [4.78, 5) is 0. The van der Waals surface area contributed by atoms with Gasteiger partial charge >= 0.3 is 0 Å². The van der Waals surface area contributed by atoms with Crippen LogP contribution in [-0.4, -0.2) is 21.9 Å². The van der Waals surface area contributed by atoms with Crippen molar-refractivity contribution in [2.45, 2.75) is 95.2 Å². The van der Waals surface area contributed by atoms with E-state index in [1.54, 1.807) is 0 Å². The van der Waals surface area contributed by atoms with Gasteiger partial charge in [-0.05, 0) is 31.6 Å². The lowest BCUT2D eigenvalue weighted by Gasteiger charge is -2.33. The molecule has 0 radical (unpaired) electrons. The molecule has 0 heterocycles. The molecule has 0 saturated heterocycles. The first kappa shape index (κ1) is 14.3. The molecule has 1 unspecified atom stereocenters. The van der Waals surface area contributed by atoms with Crippen molar-refractivity contribution in [3.05, 3.63) is 0 Å². The lowest BCUT2D eigenvalue weighted by molar-refractivity contribution is -0.0894. The van der Waals surface area contributed by atoms with Crippen molar-refractivity contribution in [2.24, 2.45) is 5.92 Å². The van der Waals surface area contributed by atoms with Crippen molar-refractivity contribution in [2.75, 3.05) is 0 Å². The molecule has 2 rings (SSSR count). The zero-order valence-electron chi connectivity index (χ0n) is 11.7. The number of aliphatic hydroxyl groups excluding tert-OH is 1. The maximum absolute atomic E-state index is 10.6. The van der Waals surface area contributed by atoms with Gasteiger partial charge in [0.25, 0.3) is 0 Å². The third-order valence-corrected chi connectivity index (χ3v) is 5.16. The van der Waals surface area contributed by atoms with Crippen molar-refractivity contribution in [1.82, 2.24) is 0 Å². The van der Waals surface area contributed by atoms with Crippen LogP contribution >= 0.6 is 0 Å². The molecule has 2 aliphatic carbocycles. The highest BCUT2D eigenvalue weighted by atomic mass is 16.3. The highest BCUT2D eigenvalue weighted by Crippen LogP contribution is 2.34. The second kappa shape index (κ2) is 6.91. The van der Waals surface area contributed by atoms with Crippen molar-refractivity contribution < 1.29 is 10.2 Å². The van der Waals surface area contributed by atoms with Gasteiger partial charge in [0.15, 0.2) is 0 Å². The normalized spacial score (nSPS) is 27.7. The van der Waals surface area contributed by atoms with Gasteiger partial charge in [0.1, 0.15) is 0 Å². The summed E-state index contributed by atoms with van der Waals surface area (Å²) in [6.45, 7) is 0. The van der Waals surface area contributed by atoms with E-state index in [2.05, 4.69) is 0 Å². The van der Waals surface area contributed by atoms with Crippen LogP contribution in [0.25, 0.3) is 0 Å². The van der Waals surface area contributed by atoms with E-state index in [0.29, 0.717) is 0 Å². The molecule has 0 aromatic heterocycles. The molecule has 1 atom stereocenters. The fraction of sp³-hybridized carbons (Fsp3) is 1.00. The minimum atomic E-state index is -0.773. The van der Waals surface area contributed by atoms with E-state index in [0.717, 1.165) is 44.4 Å². The molecule has 2 fully saturated rings. The second-order valence-corrected chi connectivity index (χ2v) is 6.61. The van der Waals surface area contributed by atoms with E-state index in [1.165, 1.54) is 44.9 Å². The predicted molar refractivity (Wildman–Crippen MR) is 74.5 cm³/mol. The van der Waals surface area contributed by atoms with Gasteiger partial charge in [-0.1, -0.05) is 57.8 Å². The van der Waals surface area contributed by atoms with Gasteiger partial charge in [0, 0.05) is 0 Å². The standard InChI is InChI=1S/C16H30O2/c17-15(11-10-14-8-4-3-5-9-14)16(18)12-6-1-2-7-13-16/h14-15,17-18H,1-13H2. The molecular formula is C16H30O2. The molecule has 2 N–H and O–H groups in total. The van der Waals surface area contributed by atoms with Crippen molar-refractivity contribution in [3.63, 3.8) is 0 Å². The van der Waals surface area contributed by atoms with E-state index in [9.17, 15) is 10.2 Å². The minimum absolute atomic E-state index is 0.488. The van der Waals surface area contributed by atoms with Crippen LogP contribution in [0.3, 0.4) is 0 Å². The highest BCUT2D eigenvalue weighted by Gasteiger charge is 2.35. The molecule has 2 aliphatic rings. The van der Waals surface area contributed by atoms with Crippen molar-refractivity contribution in [1.29, 1.82) is 0 Å². The Bertz CT molecular complexity index is 225. The average Bonchev–Trinajstić information content (AvgIpc) is 2.63. The lowest BCUT2D eigenvalue weighted by Crippen LogP contribution is -2.42. The smallest absolute Gasteiger partial charge is 0.0905 e. The molecule has 0 aliphatic heterocycles. The Labute approximate surface area is 112 Å². The Hall–Kier alpha value is -0.0800. The molecule has 106 valence electrons. The average molecular weight is 254 g/mol. The van der Waals surface area contributed by atoms with Crippen LogP contribution in [0.4, 0.5) is 0 Å². The molecule has 2 nitrogen and oxygen atoms in total. The summed E-state index contributed by atoms with van der Waals surface area (Å²) in [7, 11) is 0. The summed E-state index contributed by atoms with van der Waals surface area (Å²) in [5.74, 6) is 0.808. The zero-order chi connectivity index (χ0) is 12.8. The third-order valence-electron chi connectivity index (χ3n) is 5.16. The van der Waals surface area contributed by atoms with E-state index in [-0.39, 0.29) is 0 Å². The van der Waals surface area contributed by atoms with Crippen LogP contribution < -0.4 is 0 Å². The summed E-state index contributed by atoms with van der Waals surface area (Å²) >= 11 is 0. The van der Waals surface area contributed by atoms with Gasteiger partial charge in [-0.25, -0.2) is 0 Å². The number of aliphatic hydroxyl groups is 2. The molecular weight excluding hydrogens is 224 g/mol. The molecule has 2 heteroatoms. The molecule has 0 aromatic carbocycles. The number of rotatable bonds is 4. The first-order chi connectivity index (χ1) is 8.71. The first-order valence-electron chi connectivity index (χ1n) is 8.11. The molecule has 0 bridgehead atoms. The second-order valence-electron chi connectivity index (χ2n) is 6.61. The number of hydrogen-bond acceptors (Lipinski definition) is 2.